The number of alkyl carbamates (subject to hydrolysis) is 1. The number of rotatable bonds is 4. The Balaban J connectivity index is 2.68. The van der Waals surface area contributed by atoms with Crippen molar-refractivity contribution in [3.05, 3.63) is 48.6 Å². The Bertz CT molecular complexity index is 420. The van der Waals surface area contributed by atoms with E-state index in [1.54, 1.807) is 6.08 Å². The first-order valence-electron chi connectivity index (χ1n) is 6.50. The minimum Gasteiger partial charge on any atom is -0.444 e. The average Bonchev–Trinajstić information content (AvgIpc) is 2.34. The molecule has 0 heterocycles. The molecule has 3 heteroatoms. The molecular formula is C16H23NO2. The van der Waals surface area contributed by atoms with Gasteiger partial charge in [-0.05, 0) is 26.3 Å². The van der Waals surface area contributed by atoms with E-state index < -0.39 is 11.7 Å². The van der Waals surface area contributed by atoms with Crippen LogP contribution in [0.4, 0.5) is 4.79 Å². The second-order valence-corrected chi connectivity index (χ2v) is 5.61. The van der Waals surface area contributed by atoms with E-state index in [0.29, 0.717) is 0 Å². The largest absolute Gasteiger partial charge is 0.444 e. The molecule has 0 radical (unpaired) electrons. The van der Waals surface area contributed by atoms with E-state index in [0.717, 1.165) is 5.56 Å². The molecule has 19 heavy (non-hydrogen) atoms. The third-order valence-electron chi connectivity index (χ3n) is 2.80. The molecule has 104 valence electrons. The van der Waals surface area contributed by atoms with Crippen molar-refractivity contribution in [1.82, 2.24) is 5.32 Å². The zero-order valence-electron chi connectivity index (χ0n) is 12.1. The molecule has 2 atom stereocenters. The van der Waals surface area contributed by atoms with Crippen LogP contribution < -0.4 is 5.32 Å². The highest BCUT2D eigenvalue weighted by Crippen LogP contribution is 2.20. The predicted molar refractivity (Wildman–Crippen MR) is 78.2 cm³/mol. The number of amides is 1. The van der Waals surface area contributed by atoms with Gasteiger partial charge in [-0.15, -0.1) is 6.58 Å². The van der Waals surface area contributed by atoms with Crippen molar-refractivity contribution < 1.29 is 9.53 Å². The fourth-order valence-corrected chi connectivity index (χ4v) is 1.80. The Morgan fingerprint density at radius 2 is 1.89 bits per heavy atom. The van der Waals surface area contributed by atoms with Crippen LogP contribution >= 0.6 is 0 Å². The lowest BCUT2D eigenvalue weighted by molar-refractivity contribution is 0.0509. The van der Waals surface area contributed by atoms with Gasteiger partial charge in [0.15, 0.2) is 0 Å². The highest BCUT2D eigenvalue weighted by Gasteiger charge is 2.22. The predicted octanol–water partition coefficient (Wildman–Crippen LogP) is 3.87. The maximum absolute atomic E-state index is 11.8. The van der Waals surface area contributed by atoms with Crippen LogP contribution in [0.3, 0.4) is 0 Å². The first-order chi connectivity index (χ1) is 8.83. The molecule has 3 nitrogen and oxygen atoms in total. The van der Waals surface area contributed by atoms with Crippen molar-refractivity contribution in [3.8, 4) is 0 Å². The number of hydrogen-bond acceptors (Lipinski definition) is 2. The van der Waals surface area contributed by atoms with Crippen LogP contribution in [0.1, 0.15) is 39.2 Å². The van der Waals surface area contributed by atoms with Crippen LogP contribution in [-0.2, 0) is 4.74 Å². The van der Waals surface area contributed by atoms with Crippen molar-refractivity contribution in [3.63, 3.8) is 0 Å². The van der Waals surface area contributed by atoms with Crippen LogP contribution in [0.15, 0.2) is 43.0 Å². The molecule has 0 fully saturated rings. The number of carbonyl (C=O) groups is 1. The molecule has 0 aliphatic rings. The molecule has 0 aliphatic carbocycles. The lowest BCUT2D eigenvalue weighted by Crippen LogP contribution is -2.40. The summed E-state index contributed by atoms with van der Waals surface area (Å²) in [4.78, 5) is 11.8. The van der Waals surface area contributed by atoms with E-state index in [2.05, 4.69) is 18.8 Å². The van der Waals surface area contributed by atoms with E-state index in [1.165, 1.54) is 0 Å². The van der Waals surface area contributed by atoms with Crippen molar-refractivity contribution in [2.24, 2.45) is 0 Å². The van der Waals surface area contributed by atoms with Gasteiger partial charge in [0.2, 0.25) is 0 Å². The molecule has 0 bridgehead atoms. The zero-order chi connectivity index (χ0) is 14.5. The summed E-state index contributed by atoms with van der Waals surface area (Å²) in [6.45, 7) is 11.4. The Labute approximate surface area is 115 Å². The van der Waals surface area contributed by atoms with Gasteiger partial charge in [0.1, 0.15) is 5.60 Å². The lowest BCUT2D eigenvalue weighted by Gasteiger charge is -2.25. The first-order valence-corrected chi connectivity index (χ1v) is 6.50. The molecular weight excluding hydrogens is 238 g/mol. The second kappa shape index (κ2) is 6.41. The van der Waals surface area contributed by atoms with Crippen molar-refractivity contribution >= 4 is 6.09 Å². The molecule has 1 aromatic rings. The summed E-state index contributed by atoms with van der Waals surface area (Å²) in [5, 5.41) is 2.84. The van der Waals surface area contributed by atoms with Gasteiger partial charge in [-0.1, -0.05) is 43.3 Å². The lowest BCUT2D eigenvalue weighted by atomic mass is 9.93. The van der Waals surface area contributed by atoms with E-state index in [9.17, 15) is 4.79 Å². The van der Waals surface area contributed by atoms with Crippen LogP contribution in [0.2, 0.25) is 0 Å². The molecule has 1 N–H and O–H groups in total. The van der Waals surface area contributed by atoms with E-state index in [4.69, 9.17) is 4.74 Å². The standard InChI is InChI=1S/C16H23NO2/c1-6-14(17-15(18)19-16(3,4)5)12(2)13-10-8-7-9-11-13/h6-12,14H,1H2,2-5H3,(H,17,18)/t12-,14-/m1/s1. The summed E-state index contributed by atoms with van der Waals surface area (Å²) in [7, 11) is 0. The molecule has 0 saturated heterocycles. The number of carbonyl (C=O) groups excluding carboxylic acids is 1. The molecule has 1 rings (SSSR count). The third kappa shape index (κ3) is 5.16. The number of hydrogen-bond donors (Lipinski definition) is 1. The van der Waals surface area contributed by atoms with Gasteiger partial charge in [0.25, 0.3) is 0 Å². The van der Waals surface area contributed by atoms with Crippen LogP contribution in [0, 0.1) is 0 Å². The Morgan fingerprint density at radius 3 is 2.37 bits per heavy atom. The van der Waals surface area contributed by atoms with Crippen molar-refractivity contribution in [1.29, 1.82) is 0 Å². The van der Waals surface area contributed by atoms with Crippen LogP contribution in [0.25, 0.3) is 0 Å². The summed E-state index contributed by atoms with van der Waals surface area (Å²) in [5.41, 5.74) is 0.662. The number of nitrogens with one attached hydrogen (secondary N) is 1. The van der Waals surface area contributed by atoms with Crippen molar-refractivity contribution in [2.45, 2.75) is 45.3 Å². The number of benzene rings is 1. The van der Waals surface area contributed by atoms with E-state index in [-0.39, 0.29) is 12.0 Å². The van der Waals surface area contributed by atoms with Gasteiger partial charge < -0.3 is 10.1 Å². The normalized spacial score (nSPS) is 14.3. The minimum atomic E-state index is -0.494. The Hall–Kier alpha value is -1.77. The maximum Gasteiger partial charge on any atom is 0.408 e. The smallest absolute Gasteiger partial charge is 0.408 e. The maximum atomic E-state index is 11.8. The summed E-state index contributed by atoms with van der Waals surface area (Å²) in [6.07, 6.45) is 1.32. The summed E-state index contributed by atoms with van der Waals surface area (Å²) >= 11 is 0. The SMILES string of the molecule is C=C[C@@H](NC(=O)OC(C)(C)C)[C@H](C)c1ccccc1. The highest BCUT2D eigenvalue weighted by atomic mass is 16.6. The fraction of sp³-hybridized carbons (Fsp3) is 0.438. The van der Waals surface area contributed by atoms with E-state index in [1.807, 2.05) is 51.1 Å². The summed E-state index contributed by atoms with van der Waals surface area (Å²) < 4.78 is 5.26. The Kier molecular flexibility index (Phi) is 5.16. The Morgan fingerprint density at radius 1 is 1.32 bits per heavy atom. The summed E-state index contributed by atoms with van der Waals surface area (Å²) in [6, 6.07) is 9.87. The number of ether oxygens (including phenoxy) is 1. The van der Waals surface area contributed by atoms with Crippen LogP contribution in [-0.4, -0.2) is 17.7 Å². The molecule has 0 saturated carbocycles. The van der Waals surface area contributed by atoms with Gasteiger partial charge in [0.05, 0.1) is 6.04 Å². The van der Waals surface area contributed by atoms with Gasteiger partial charge in [0, 0.05) is 5.92 Å². The molecule has 0 unspecified atom stereocenters. The monoisotopic (exact) mass is 261 g/mol. The second-order valence-electron chi connectivity index (χ2n) is 5.61. The molecule has 0 aliphatic heterocycles. The first kappa shape index (κ1) is 15.3. The zero-order valence-corrected chi connectivity index (χ0v) is 12.1. The van der Waals surface area contributed by atoms with Gasteiger partial charge in [-0.25, -0.2) is 4.79 Å². The van der Waals surface area contributed by atoms with Crippen molar-refractivity contribution in [2.75, 3.05) is 0 Å². The van der Waals surface area contributed by atoms with Gasteiger partial charge in [-0.2, -0.15) is 0 Å². The topological polar surface area (TPSA) is 38.3 Å². The minimum absolute atomic E-state index is 0.145. The molecule has 1 amide bonds. The van der Waals surface area contributed by atoms with Gasteiger partial charge >= 0.3 is 6.09 Å². The molecule has 0 aromatic heterocycles. The molecule has 0 spiro atoms. The van der Waals surface area contributed by atoms with E-state index >= 15 is 0 Å². The quantitative estimate of drug-likeness (QED) is 0.835. The summed E-state index contributed by atoms with van der Waals surface area (Å²) in [5.74, 6) is 0.145. The average molecular weight is 261 g/mol. The van der Waals surface area contributed by atoms with Gasteiger partial charge in [-0.3, -0.25) is 0 Å². The highest BCUT2D eigenvalue weighted by molar-refractivity contribution is 5.68. The molecule has 1 aromatic carbocycles. The van der Waals surface area contributed by atoms with Crippen LogP contribution in [0.5, 0.6) is 0 Å². The third-order valence-corrected chi connectivity index (χ3v) is 2.80. The fourth-order valence-electron chi connectivity index (χ4n) is 1.80.